The molecule has 1 N–H and O–H groups in total. The number of aliphatic hydroxyl groups is 1. The number of halogens is 7. The van der Waals surface area contributed by atoms with Gasteiger partial charge in [0.2, 0.25) is 0 Å². The highest BCUT2D eigenvalue weighted by Gasteiger charge is 2.67. The topological polar surface area (TPSA) is 120 Å². The molecule has 3 aromatic heterocycles. The van der Waals surface area contributed by atoms with Crippen LogP contribution in [0.1, 0.15) is 83.5 Å². The zero-order chi connectivity index (χ0) is 40.1. The lowest BCUT2D eigenvalue weighted by Gasteiger charge is -2.21. The van der Waals surface area contributed by atoms with Gasteiger partial charge in [0.25, 0.3) is 12.3 Å². The van der Waals surface area contributed by atoms with Crippen molar-refractivity contribution in [2.75, 3.05) is 6.26 Å². The molecule has 56 heavy (non-hydrogen) atoms. The third kappa shape index (κ3) is 7.09. The van der Waals surface area contributed by atoms with E-state index >= 15 is 8.78 Å². The number of ketones is 1. The summed E-state index contributed by atoms with van der Waals surface area (Å²) in [6.45, 7) is -0.790. The molecule has 5 aromatic rings. The van der Waals surface area contributed by atoms with Crippen LogP contribution in [0.25, 0.3) is 22.0 Å². The first-order valence-corrected chi connectivity index (χ1v) is 20.1. The van der Waals surface area contributed by atoms with Crippen LogP contribution in [0, 0.1) is 29.4 Å². The number of benzene rings is 2. The van der Waals surface area contributed by atoms with Gasteiger partial charge in [-0.3, -0.25) is 14.2 Å². The van der Waals surface area contributed by atoms with E-state index < -0.39 is 93.1 Å². The van der Waals surface area contributed by atoms with Crippen LogP contribution in [0.4, 0.5) is 26.3 Å². The first-order valence-electron chi connectivity index (χ1n) is 17.6. The van der Waals surface area contributed by atoms with Crippen molar-refractivity contribution in [3.63, 3.8) is 0 Å². The predicted molar refractivity (Wildman–Crippen MR) is 193 cm³/mol. The van der Waals surface area contributed by atoms with Gasteiger partial charge in [-0.15, -0.1) is 0 Å². The van der Waals surface area contributed by atoms with E-state index in [1.807, 2.05) is 0 Å². The second kappa shape index (κ2) is 13.5. The molecule has 2 saturated carbocycles. The largest absolute Gasteiger partial charge is 0.378 e. The van der Waals surface area contributed by atoms with Gasteiger partial charge in [0.15, 0.2) is 15.6 Å². The van der Waals surface area contributed by atoms with Gasteiger partial charge in [-0.25, -0.2) is 31.0 Å². The predicted octanol–water partition coefficient (Wildman–Crippen LogP) is 7.32. The number of aryl methyl sites for hydroxylation is 1. The number of pyridine rings is 1. The minimum absolute atomic E-state index is 0.0427. The molecule has 0 radical (unpaired) electrons. The molecule has 2 aromatic carbocycles. The molecule has 3 aliphatic rings. The Labute approximate surface area is 321 Å². The SMILES string of the molecule is Cn1nc(CS(C)(=O)=O)c2c(Cl)ccc(-c3ccc(C#CC4(O)CC4)nc3[C@@H](CC(=O)Cn3nc(C(F)F)c4c3C(F)(F)[C@@H]3C[C@H]43)Cc3cc(F)cc(F)c3)c21. The summed E-state index contributed by atoms with van der Waals surface area (Å²) in [5, 5.41) is 19.2. The van der Waals surface area contributed by atoms with E-state index in [1.165, 1.54) is 4.68 Å². The summed E-state index contributed by atoms with van der Waals surface area (Å²) in [6, 6.07) is 9.22. The van der Waals surface area contributed by atoms with Crippen LogP contribution in [0.3, 0.4) is 0 Å². The van der Waals surface area contributed by atoms with Gasteiger partial charge in [0.05, 0.1) is 27.7 Å². The molecule has 17 heteroatoms. The second-order valence-corrected chi connectivity index (χ2v) is 17.5. The Bertz CT molecular complexity index is 2630. The van der Waals surface area contributed by atoms with Crippen LogP contribution in [-0.4, -0.2) is 55.7 Å². The monoisotopic (exact) mass is 815 g/mol. The summed E-state index contributed by atoms with van der Waals surface area (Å²) in [6.07, 6.45) is -1.82. The summed E-state index contributed by atoms with van der Waals surface area (Å²) >= 11 is 6.63. The van der Waals surface area contributed by atoms with Crippen molar-refractivity contribution in [1.29, 1.82) is 0 Å². The van der Waals surface area contributed by atoms with E-state index in [1.54, 1.807) is 31.3 Å². The normalized spacial score (nSPS) is 19.4. The maximum Gasteiger partial charge on any atom is 0.293 e. The number of Topliss-reactive ketones (excluding diaryl/α,β-unsaturated/α-hetero) is 1. The van der Waals surface area contributed by atoms with Crippen LogP contribution in [-0.2, 0) is 46.3 Å². The van der Waals surface area contributed by atoms with E-state index in [2.05, 4.69) is 22.0 Å². The average Bonchev–Trinajstić information content (AvgIpc) is 3.97. The van der Waals surface area contributed by atoms with E-state index in [0.717, 1.165) is 18.4 Å². The average molecular weight is 816 g/mol. The third-order valence-electron chi connectivity index (χ3n) is 10.5. The van der Waals surface area contributed by atoms with Crippen LogP contribution in [0.2, 0.25) is 5.02 Å². The molecule has 9 nitrogen and oxygen atoms in total. The van der Waals surface area contributed by atoms with Gasteiger partial charge in [0, 0.05) is 59.7 Å². The lowest BCUT2D eigenvalue weighted by atomic mass is 9.86. The molecule has 0 unspecified atom stereocenters. The Balaban J connectivity index is 1.27. The summed E-state index contributed by atoms with van der Waals surface area (Å²) in [7, 11) is -1.98. The molecule has 8 rings (SSSR count). The molecule has 292 valence electrons. The maximum atomic E-state index is 15.4. The number of alkyl halides is 4. The van der Waals surface area contributed by atoms with Crippen LogP contribution < -0.4 is 0 Å². The van der Waals surface area contributed by atoms with Crippen LogP contribution in [0.15, 0.2) is 42.5 Å². The Hall–Kier alpha value is -4.72. The molecule has 0 amide bonds. The van der Waals surface area contributed by atoms with Gasteiger partial charge >= 0.3 is 0 Å². The number of hydrogen-bond donors (Lipinski definition) is 1. The van der Waals surface area contributed by atoms with Crippen molar-refractivity contribution in [3.8, 4) is 23.0 Å². The van der Waals surface area contributed by atoms with E-state index in [4.69, 9.17) is 16.6 Å². The zero-order valence-electron chi connectivity index (χ0n) is 29.8. The maximum absolute atomic E-state index is 15.4. The third-order valence-corrected chi connectivity index (χ3v) is 11.6. The standard InChI is InChI=1S/C39H32ClF6N5O4S/c1-50-35-26(5-6-29(40)32(35)30(48-50)18-56(2,54)55)25-4-3-23(7-8-38(53)9-10-38)47-33(25)20(11-19-12-21(41)15-22(42)13-19)14-24(52)17-51-36-31(34(49-51)37(43)44)27-16-28(27)39(36,45)46/h3-6,12-13,15,20,27-28,37,53H,9-11,14,16-18H2,1-2H3/t20-,27+,28-/m1/s1. The lowest BCUT2D eigenvalue weighted by molar-refractivity contribution is -0.120. The summed E-state index contributed by atoms with van der Waals surface area (Å²) in [4.78, 5) is 18.8. The summed E-state index contributed by atoms with van der Waals surface area (Å²) < 4.78 is 115. The molecule has 3 heterocycles. The summed E-state index contributed by atoms with van der Waals surface area (Å²) in [5.41, 5.74) is -1.03. The lowest BCUT2D eigenvalue weighted by Crippen LogP contribution is -2.24. The number of nitrogens with zero attached hydrogens (tertiary/aromatic N) is 5. The zero-order valence-corrected chi connectivity index (χ0v) is 31.3. The van der Waals surface area contributed by atoms with Crippen molar-refractivity contribution in [2.24, 2.45) is 13.0 Å². The fourth-order valence-electron chi connectivity index (χ4n) is 7.89. The molecule has 0 aliphatic heterocycles. The van der Waals surface area contributed by atoms with Crippen molar-refractivity contribution in [3.05, 3.63) is 98.7 Å². The number of rotatable bonds is 11. The highest BCUT2D eigenvalue weighted by atomic mass is 35.5. The van der Waals surface area contributed by atoms with Crippen molar-refractivity contribution < 1.29 is 44.7 Å². The molecule has 0 spiro atoms. The van der Waals surface area contributed by atoms with Crippen LogP contribution >= 0.6 is 11.6 Å². The van der Waals surface area contributed by atoms with Gasteiger partial charge in [-0.05, 0) is 73.4 Å². The Morgan fingerprint density at radius 3 is 2.41 bits per heavy atom. The van der Waals surface area contributed by atoms with Crippen molar-refractivity contribution in [2.45, 2.75) is 74.2 Å². The molecule has 0 bridgehead atoms. The van der Waals surface area contributed by atoms with Gasteiger partial charge in [0.1, 0.15) is 40.9 Å². The number of hydrogen-bond acceptors (Lipinski definition) is 7. The van der Waals surface area contributed by atoms with Crippen LogP contribution in [0.5, 0.6) is 0 Å². The van der Waals surface area contributed by atoms with Gasteiger partial charge in [-0.2, -0.15) is 19.0 Å². The number of fused-ring (bicyclic) bond motifs is 4. The number of aromatic nitrogens is 5. The highest BCUT2D eigenvalue weighted by Crippen LogP contribution is 2.68. The van der Waals surface area contributed by atoms with E-state index in [0.29, 0.717) is 45.6 Å². The fourth-order valence-corrected chi connectivity index (χ4v) is 8.86. The Kier molecular flexibility index (Phi) is 9.17. The Morgan fingerprint density at radius 1 is 1.05 bits per heavy atom. The molecule has 2 fully saturated rings. The number of carbonyl (C=O) groups is 1. The Morgan fingerprint density at radius 2 is 1.75 bits per heavy atom. The number of carbonyl (C=O) groups excluding carboxylic acids is 1. The fraction of sp³-hybridized carbons (Fsp3) is 0.385. The van der Waals surface area contributed by atoms with Crippen molar-refractivity contribution >= 4 is 38.1 Å². The quantitative estimate of drug-likeness (QED) is 0.110. The molecule has 3 aliphatic carbocycles. The molecular weight excluding hydrogens is 784 g/mol. The second-order valence-electron chi connectivity index (χ2n) is 15.0. The molecular formula is C39H32ClF6N5O4S. The number of sulfone groups is 1. The van der Waals surface area contributed by atoms with Crippen molar-refractivity contribution in [1.82, 2.24) is 24.5 Å². The van der Waals surface area contributed by atoms with Gasteiger partial charge < -0.3 is 5.11 Å². The first kappa shape index (κ1) is 38.2. The van der Waals surface area contributed by atoms with Gasteiger partial charge in [-0.1, -0.05) is 23.6 Å². The summed E-state index contributed by atoms with van der Waals surface area (Å²) in [5.74, 6) is -3.70. The van der Waals surface area contributed by atoms with E-state index in [-0.39, 0.29) is 46.1 Å². The van der Waals surface area contributed by atoms with E-state index in [9.17, 15) is 35.9 Å². The molecule has 3 atom stereocenters. The highest BCUT2D eigenvalue weighted by molar-refractivity contribution is 7.89. The smallest absolute Gasteiger partial charge is 0.293 e. The first-order chi connectivity index (χ1) is 26.3. The minimum Gasteiger partial charge on any atom is -0.378 e. The molecule has 0 saturated heterocycles. The minimum atomic E-state index is -3.56.